The summed E-state index contributed by atoms with van der Waals surface area (Å²) in [6, 6.07) is 36.4. The number of aromatic nitrogens is 6. The van der Waals surface area contributed by atoms with Gasteiger partial charge in [0, 0.05) is 45.1 Å². The maximum atomic E-state index is 6.57. The third-order valence-electron chi connectivity index (χ3n) is 7.76. The Labute approximate surface area is 238 Å². The topological polar surface area (TPSA) is 82.5 Å². The molecule has 0 unspecified atom stereocenters. The van der Waals surface area contributed by atoms with Crippen molar-refractivity contribution in [2.24, 2.45) is 0 Å². The zero-order valence-corrected chi connectivity index (χ0v) is 22.1. The summed E-state index contributed by atoms with van der Waals surface area (Å²) in [4.78, 5) is 24.4. The molecule has 0 aliphatic rings. The quantitative estimate of drug-likeness (QED) is 0.225. The van der Waals surface area contributed by atoms with Crippen molar-refractivity contribution >= 4 is 54.8 Å². The summed E-state index contributed by atoms with van der Waals surface area (Å²) in [5.74, 6) is 1.68. The zero-order chi connectivity index (χ0) is 27.6. The van der Waals surface area contributed by atoms with Crippen molar-refractivity contribution in [3.8, 4) is 28.7 Å². The van der Waals surface area contributed by atoms with Crippen molar-refractivity contribution in [3.05, 3.63) is 122 Å². The molecule has 0 radical (unpaired) electrons. The van der Waals surface area contributed by atoms with E-state index < -0.39 is 0 Å². The molecule has 0 N–H and O–H groups in total. The van der Waals surface area contributed by atoms with Gasteiger partial charge in [0.2, 0.25) is 5.95 Å². The lowest BCUT2D eigenvalue weighted by atomic mass is 10.1. The van der Waals surface area contributed by atoms with E-state index >= 15 is 0 Å². The summed E-state index contributed by atoms with van der Waals surface area (Å²) in [6.45, 7) is 0. The van der Waals surface area contributed by atoms with Crippen LogP contribution in [0.2, 0.25) is 0 Å². The third kappa shape index (κ3) is 3.31. The number of para-hydroxylation sites is 1. The van der Waals surface area contributed by atoms with E-state index in [1.165, 1.54) is 0 Å². The van der Waals surface area contributed by atoms with Crippen LogP contribution in [0.25, 0.3) is 83.5 Å². The second-order valence-corrected chi connectivity index (χ2v) is 10.2. The molecular formula is C35H20N6O. The van der Waals surface area contributed by atoms with Gasteiger partial charge in [0.15, 0.2) is 17.2 Å². The Bertz CT molecular complexity index is 2410. The summed E-state index contributed by atoms with van der Waals surface area (Å²) in [7, 11) is 0. The van der Waals surface area contributed by atoms with Crippen molar-refractivity contribution < 1.29 is 4.42 Å². The molecule has 7 nitrogen and oxygen atoms in total. The van der Waals surface area contributed by atoms with Gasteiger partial charge in [-0.3, -0.25) is 14.5 Å². The van der Waals surface area contributed by atoms with Crippen LogP contribution in [0.5, 0.6) is 0 Å². The van der Waals surface area contributed by atoms with Crippen molar-refractivity contribution in [2.75, 3.05) is 0 Å². The van der Waals surface area contributed by atoms with Gasteiger partial charge in [-0.25, -0.2) is 4.98 Å². The molecule has 0 saturated heterocycles. The van der Waals surface area contributed by atoms with Crippen LogP contribution in [0.3, 0.4) is 0 Å². The van der Waals surface area contributed by atoms with Gasteiger partial charge in [0.25, 0.3) is 0 Å². The minimum Gasteiger partial charge on any atom is -0.454 e. The molecule has 7 heteroatoms. The Morgan fingerprint density at radius 2 is 1.21 bits per heavy atom. The van der Waals surface area contributed by atoms with E-state index in [2.05, 4.69) is 33.8 Å². The Balaban J connectivity index is 1.48. The highest BCUT2D eigenvalue weighted by Gasteiger charge is 2.23. The van der Waals surface area contributed by atoms with Crippen LogP contribution in [-0.4, -0.2) is 29.5 Å². The maximum absolute atomic E-state index is 6.57. The van der Waals surface area contributed by atoms with Gasteiger partial charge in [-0.15, -0.1) is 0 Å². The lowest BCUT2D eigenvalue weighted by Gasteiger charge is -2.11. The van der Waals surface area contributed by atoms with E-state index in [9.17, 15) is 0 Å². The Morgan fingerprint density at radius 1 is 0.548 bits per heavy atom. The van der Waals surface area contributed by atoms with Gasteiger partial charge in [0.05, 0.1) is 16.6 Å². The fourth-order valence-electron chi connectivity index (χ4n) is 5.90. The van der Waals surface area contributed by atoms with Crippen LogP contribution < -0.4 is 0 Å². The molecule has 0 atom stereocenters. The van der Waals surface area contributed by atoms with Crippen molar-refractivity contribution in [2.45, 2.75) is 0 Å². The Morgan fingerprint density at radius 3 is 1.98 bits per heavy atom. The van der Waals surface area contributed by atoms with Crippen molar-refractivity contribution in [3.63, 3.8) is 0 Å². The molecule has 9 rings (SSSR count). The van der Waals surface area contributed by atoms with E-state index in [4.69, 9.17) is 24.4 Å². The number of nitrogens with zero attached hydrogens (tertiary/aromatic N) is 6. The lowest BCUT2D eigenvalue weighted by Crippen LogP contribution is -2.06. The summed E-state index contributed by atoms with van der Waals surface area (Å²) >= 11 is 0. The van der Waals surface area contributed by atoms with Crippen LogP contribution in [0, 0.1) is 0 Å². The fraction of sp³-hybridized carbons (Fsp3) is 0. The smallest absolute Gasteiger partial charge is 0.238 e. The molecule has 0 saturated carbocycles. The number of rotatable bonds is 3. The summed E-state index contributed by atoms with van der Waals surface area (Å²) in [5.41, 5.74) is 6.83. The molecule has 9 aromatic rings. The third-order valence-corrected chi connectivity index (χ3v) is 7.76. The van der Waals surface area contributed by atoms with Gasteiger partial charge in [-0.1, -0.05) is 84.9 Å². The van der Waals surface area contributed by atoms with E-state index in [-0.39, 0.29) is 0 Å². The van der Waals surface area contributed by atoms with Crippen molar-refractivity contribution in [1.29, 1.82) is 0 Å². The molecule has 5 aromatic carbocycles. The standard InChI is InChI=1S/C35H20N6O/c1-3-9-21(10-4-1)33-38-34(22-11-5-2-6-12-22)40-35(39-33)41-27-18-17-26-30(37-20-19-36-26)29(27)25-16-15-24-23-13-7-8-14-28(23)42-32(24)31(25)41/h1-20H. The number of benzene rings is 5. The number of hydrogen-bond donors (Lipinski definition) is 0. The second-order valence-electron chi connectivity index (χ2n) is 10.2. The Kier molecular flexibility index (Phi) is 4.77. The minimum absolute atomic E-state index is 0.499. The van der Waals surface area contributed by atoms with Crippen LogP contribution in [0.4, 0.5) is 0 Å². The predicted molar refractivity (Wildman–Crippen MR) is 165 cm³/mol. The van der Waals surface area contributed by atoms with Gasteiger partial charge in [-0.05, 0) is 24.3 Å². The van der Waals surface area contributed by atoms with E-state index in [1.807, 2.05) is 84.9 Å². The molecular weight excluding hydrogens is 520 g/mol. The first-order valence-electron chi connectivity index (χ1n) is 13.7. The fourth-order valence-corrected chi connectivity index (χ4v) is 5.90. The van der Waals surface area contributed by atoms with Crippen LogP contribution in [0.15, 0.2) is 126 Å². The molecule has 4 heterocycles. The largest absolute Gasteiger partial charge is 0.454 e. The minimum atomic E-state index is 0.499. The molecule has 42 heavy (non-hydrogen) atoms. The highest BCUT2D eigenvalue weighted by Crippen LogP contribution is 2.41. The second kappa shape index (κ2) is 8.78. The maximum Gasteiger partial charge on any atom is 0.238 e. The van der Waals surface area contributed by atoms with Gasteiger partial charge in [0.1, 0.15) is 11.1 Å². The SMILES string of the molecule is c1ccc(-c2nc(-c3ccccc3)nc(-n3c4ccc5nccnc5c4c4ccc5c6ccccc6oc5c43)n2)cc1. The summed E-state index contributed by atoms with van der Waals surface area (Å²) in [6.07, 6.45) is 3.45. The average Bonchev–Trinajstić information content (AvgIpc) is 3.61. The van der Waals surface area contributed by atoms with Crippen molar-refractivity contribution in [1.82, 2.24) is 29.5 Å². The lowest BCUT2D eigenvalue weighted by molar-refractivity contribution is 0.670. The normalized spacial score (nSPS) is 11.8. The van der Waals surface area contributed by atoms with Gasteiger partial charge >= 0.3 is 0 Å². The first-order valence-corrected chi connectivity index (χ1v) is 13.7. The van der Waals surface area contributed by atoms with Crippen LogP contribution in [0.1, 0.15) is 0 Å². The number of furan rings is 1. The number of hydrogen-bond acceptors (Lipinski definition) is 6. The molecule has 196 valence electrons. The van der Waals surface area contributed by atoms with Crippen LogP contribution >= 0.6 is 0 Å². The summed E-state index contributed by atoms with van der Waals surface area (Å²) in [5, 5.41) is 4.05. The molecule has 0 bridgehead atoms. The zero-order valence-electron chi connectivity index (χ0n) is 22.1. The Hall–Kier alpha value is -5.95. The summed E-state index contributed by atoms with van der Waals surface area (Å²) < 4.78 is 8.66. The highest BCUT2D eigenvalue weighted by atomic mass is 16.3. The number of fused-ring (bicyclic) bond motifs is 9. The monoisotopic (exact) mass is 540 g/mol. The van der Waals surface area contributed by atoms with E-state index in [1.54, 1.807) is 12.4 Å². The molecule has 0 spiro atoms. The average molecular weight is 541 g/mol. The van der Waals surface area contributed by atoms with Crippen LogP contribution in [-0.2, 0) is 0 Å². The highest BCUT2D eigenvalue weighted by molar-refractivity contribution is 6.26. The van der Waals surface area contributed by atoms with E-state index in [0.717, 1.165) is 65.9 Å². The molecule has 0 fully saturated rings. The molecule has 0 amide bonds. The van der Waals surface area contributed by atoms with Gasteiger partial charge in [-0.2, -0.15) is 9.97 Å². The predicted octanol–water partition coefficient (Wildman–Crippen LogP) is 8.15. The molecule has 0 aliphatic heterocycles. The first kappa shape index (κ1) is 22.8. The molecule has 0 aliphatic carbocycles. The van der Waals surface area contributed by atoms with E-state index in [0.29, 0.717) is 17.6 Å². The first-order chi connectivity index (χ1) is 20.8. The molecule has 4 aromatic heterocycles. The van der Waals surface area contributed by atoms with Gasteiger partial charge < -0.3 is 4.42 Å².